The number of ether oxygens (including phenoxy) is 1. The van der Waals surface area contributed by atoms with Crippen LogP contribution in [0.15, 0.2) is 60.7 Å². The minimum absolute atomic E-state index is 0.297. The normalized spacial score (nSPS) is 11.8. The molecule has 1 amide bonds. The first kappa shape index (κ1) is 14.1. The first-order valence-corrected chi connectivity index (χ1v) is 6.42. The van der Waals surface area contributed by atoms with E-state index in [1.54, 1.807) is 0 Å². The number of carbonyl (C=O) groups is 1. The predicted octanol–water partition coefficient (Wildman–Crippen LogP) is 3.21. The number of carboxylic acid groups (broad SMARTS) is 1. The largest absolute Gasteiger partial charge is 0.465 e. The molecule has 0 fully saturated rings. The number of amides is 1. The Morgan fingerprint density at radius 1 is 1.05 bits per heavy atom. The van der Waals surface area contributed by atoms with Crippen LogP contribution < -0.4 is 5.32 Å². The lowest BCUT2D eigenvalue weighted by Gasteiger charge is -2.17. The maximum absolute atomic E-state index is 10.8. The number of rotatable bonds is 6. The van der Waals surface area contributed by atoms with Gasteiger partial charge in [0.15, 0.2) is 0 Å². The Balaban J connectivity index is 1.93. The van der Waals surface area contributed by atoms with Gasteiger partial charge in [0.1, 0.15) is 0 Å². The molecule has 2 aromatic rings. The summed E-state index contributed by atoms with van der Waals surface area (Å²) in [5.41, 5.74) is 1.96. The minimum atomic E-state index is -1.05. The Labute approximate surface area is 118 Å². The average molecular weight is 271 g/mol. The van der Waals surface area contributed by atoms with Gasteiger partial charge in [-0.3, -0.25) is 0 Å². The van der Waals surface area contributed by atoms with Crippen LogP contribution in [0.2, 0.25) is 0 Å². The third-order valence-electron chi connectivity index (χ3n) is 2.90. The van der Waals surface area contributed by atoms with Crippen molar-refractivity contribution in [2.45, 2.75) is 12.6 Å². The molecule has 0 heterocycles. The molecule has 0 aliphatic rings. The van der Waals surface area contributed by atoms with Crippen molar-refractivity contribution in [3.05, 3.63) is 71.8 Å². The fourth-order valence-electron chi connectivity index (χ4n) is 1.92. The molecule has 4 nitrogen and oxygen atoms in total. The Morgan fingerprint density at radius 3 is 2.25 bits per heavy atom. The van der Waals surface area contributed by atoms with Crippen LogP contribution >= 0.6 is 0 Å². The molecule has 1 atom stereocenters. The number of benzene rings is 2. The fourth-order valence-corrected chi connectivity index (χ4v) is 1.92. The van der Waals surface area contributed by atoms with Crippen molar-refractivity contribution < 1.29 is 14.6 Å². The van der Waals surface area contributed by atoms with Gasteiger partial charge >= 0.3 is 6.09 Å². The van der Waals surface area contributed by atoms with Gasteiger partial charge in [0.2, 0.25) is 0 Å². The number of hydrogen-bond donors (Lipinski definition) is 2. The minimum Gasteiger partial charge on any atom is -0.465 e. The van der Waals surface area contributed by atoms with Crippen LogP contribution in [0.1, 0.15) is 17.2 Å². The van der Waals surface area contributed by atoms with Crippen LogP contribution in [-0.4, -0.2) is 17.8 Å². The van der Waals surface area contributed by atoms with Gasteiger partial charge in [0.05, 0.1) is 19.3 Å². The van der Waals surface area contributed by atoms with E-state index < -0.39 is 6.09 Å². The van der Waals surface area contributed by atoms with Crippen LogP contribution in [0.5, 0.6) is 0 Å². The zero-order chi connectivity index (χ0) is 14.2. The van der Waals surface area contributed by atoms with Gasteiger partial charge < -0.3 is 15.2 Å². The van der Waals surface area contributed by atoms with Crippen molar-refractivity contribution in [1.29, 1.82) is 0 Å². The summed E-state index contributed by atoms with van der Waals surface area (Å²) in [6.07, 6.45) is -1.05. The lowest BCUT2D eigenvalue weighted by atomic mass is 10.1. The monoisotopic (exact) mass is 271 g/mol. The summed E-state index contributed by atoms with van der Waals surface area (Å²) in [5, 5.41) is 11.4. The molecule has 4 heteroatoms. The van der Waals surface area contributed by atoms with Crippen molar-refractivity contribution in [3.8, 4) is 0 Å². The molecule has 0 aliphatic heterocycles. The van der Waals surface area contributed by atoms with Crippen molar-refractivity contribution in [3.63, 3.8) is 0 Å². The third-order valence-corrected chi connectivity index (χ3v) is 2.90. The molecule has 0 bridgehead atoms. The highest BCUT2D eigenvalue weighted by atomic mass is 16.5. The molecule has 0 aliphatic carbocycles. The van der Waals surface area contributed by atoms with Gasteiger partial charge in [-0.25, -0.2) is 4.79 Å². The van der Waals surface area contributed by atoms with Crippen molar-refractivity contribution in [2.24, 2.45) is 0 Å². The van der Waals surface area contributed by atoms with E-state index in [-0.39, 0.29) is 6.04 Å². The van der Waals surface area contributed by atoms with Gasteiger partial charge in [-0.05, 0) is 11.1 Å². The lowest BCUT2D eigenvalue weighted by Crippen LogP contribution is -2.30. The molecule has 0 unspecified atom stereocenters. The van der Waals surface area contributed by atoms with Crippen molar-refractivity contribution in [1.82, 2.24) is 5.32 Å². The van der Waals surface area contributed by atoms with Gasteiger partial charge in [-0.2, -0.15) is 0 Å². The molecule has 0 spiro atoms. The molecular weight excluding hydrogens is 254 g/mol. The van der Waals surface area contributed by atoms with E-state index in [0.717, 1.165) is 11.1 Å². The molecule has 2 rings (SSSR count). The molecule has 104 valence electrons. The second-order valence-corrected chi connectivity index (χ2v) is 4.41. The molecule has 0 saturated heterocycles. The summed E-state index contributed by atoms with van der Waals surface area (Å²) in [6, 6.07) is 18.8. The van der Waals surface area contributed by atoms with Gasteiger partial charge in [0.25, 0.3) is 0 Å². The van der Waals surface area contributed by atoms with Crippen LogP contribution in [0.4, 0.5) is 4.79 Å². The summed E-state index contributed by atoms with van der Waals surface area (Å²) in [6.45, 7) is 0.761. The fraction of sp³-hybridized carbons (Fsp3) is 0.188. The van der Waals surface area contributed by atoms with Gasteiger partial charge in [-0.1, -0.05) is 60.7 Å². The van der Waals surface area contributed by atoms with E-state index in [0.29, 0.717) is 13.2 Å². The molecule has 0 saturated carbocycles. The molecule has 0 radical (unpaired) electrons. The standard InChI is InChI=1S/C16H17NO3/c18-16(19)17-15(14-9-5-2-6-10-14)12-20-11-13-7-3-1-4-8-13/h1-10,15,17H,11-12H2,(H,18,19)/t15-/m1/s1. The number of hydrogen-bond acceptors (Lipinski definition) is 2. The maximum Gasteiger partial charge on any atom is 0.405 e. The van der Waals surface area contributed by atoms with E-state index >= 15 is 0 Å². The highest BCUT2D eigenvalue weighted by molar-refractivity contribution is 5.65. The topological polar surface area (TPSA) is 58.6 Å². The van der Waals surface area contributed by atoms with E-state index in [4.69, 9.17) is 9.84 Å². The Hall–Kier alpha value is -2.33. The second-order valence-electron chi connectivity index (χ2n) is 4.41. The highest BCUT2D eigenvalue weighted by Gasteiger charge is 2.13. The third kappa shape index (κ3) is 4.40. The predicted molar refractivity (Wildman–Crippen MR) is 76.4 cm³/mol. The van der Waals surface area contributed by atoms with Crippen LogP contribution in [0, 0.1) is 0 Å². The summed E-state index contributed by atoms with van der Waals surface area (Å²) >= 11 is 0. The lowest BCUT2D eigenvalue weighted by molar-refractivity contribution is 0.0964. The smallest absolute Gasteiger partial charge is 0.405 e. The highest BCUT2D eigenvalue weighted by Crippen LogP contribution is 2.14. The van der Waals surface area contributed by atoms with Crippen LogP contribution in [0.25, 0.3) is 0 Å². The molecule has 0 aromatic heterocycles. The van der Waals surface area contributed by atoms with E-state index in [1.165, 1.54) is 0 Å². The van der Waals surface area contributed by atoms with Crippen LogP contribution in [0.3, 0.4) is 0 Å². The Bertz CT molecular complexity index is 528. The van der Waals surface area contributed by atoms with Crippen LogP contribution in [-0.2, 0) is 11.3 Å². The molecular formula is C16H17NO3. The van der Waals surface area contributed by atoms with E-state index in [1.807, 2.05) is 60.7 Å². The van der Waals surface area contributed by atoms with Crippen molar-refractivity contribution in [2.75, 3.05) is 6.61 Å². The molecule has 2 aromatic carbocycles. The van der Waals surface area contributed by atoms with E-state index in [9.17, 15) is 4.79 Å². The SMILES string of the molecule is O=C(O)N[C@H](COCc1ccccc1)c1ccccc1. The van der Waals surface area contributed by atoms with Crippen molar-refractivity contribution >= 4 is 6.09 Å². The first-order valence-electron chi connectivity index (χ1n) is 6.42. The zero-order valence-corrected chi connectivity index (χ0v) is 11.0. The second kappa shape index (κ2) is 7.31. The first-order chi connectivity index (χ1) is 9.75. The molecule has 2 N–H and O–H groups in total. The summed E-state index contributed by atoms with van der Waals surface area (Å²) < 4.78 is 5.61. The summed E-state index contributed by atoms with van der Waals surface area (Å²) in [5.74, 6) is 0. The Morgan fingerprint density at radius 2 is 1.65 bits per heavy atom. The number of nitrogens with one attached hydrogen (secondary N) is 1. The quantitative estimate of drug-likeness (QED) is 0.848. The summed E-state index contributed by atoms with van der Waals surface area (Å²) in [4.78, 5) is 10.8. The summed E-state index contributed by atoms with van der Waals surface area (Å²) in [7, 11) is 0. The maximum atomic E-state index is 10.8. The zero-order valence-electron chi connectivity index (χ0n) is 11.0. The van der Waals surface area contributed by atoms with Gasteiger partial charge in [0, 0.05) is 0 Å². The van der Waals surface area contributed by atoms with E-state index in [2.05, 4.69) is 5.32 Å². The van der Waals surface area contributed by atoms with Gasteiger partial charge in [-0.15, -0.1) is 0 Å². The Kier molecular flexibility index (Phi) is 5.15. The average Bonchev–Trinajstić information content (AvgIpc) is 2.48. The molecule has 20 heavy (non-hydrogen) atoms.